The normalized spacial score (nSPS) is 16.3. The highest BCUT2D eigenvalue weighted by atomic mass is 35.5. The first-order valence-corrected chi connectivity index (χ1v) is 9.12. The van der Waals surface area contributed by atoms with E-state index in [0.29, 0.717) is 34.9 Å². The van der Waals surface area contributed by atoms with Crippen molar-refractivity contribution in [2.45, 2.75) is 6.42 Å². The molecular weight excluding hydrogens is 336 g/mol. The second kappa shape index (κ2) is 6.22. The summed E-state index contributed by atoms with van der Waals surface area (Å²) in [7, 11) is -3.19. The predicted molar refractivity (Wildman–Crippen MR) is 91.6 cm³/mol. The van der Waals surface area contributed by atoms with E-state index in [1.165, 1.54) is 4.31 Å². The largest absolute Gasteiger partial charge is 0.322 e. The number of carbonyl (C=O) groups is 1. The van der Waals surface area contributed by atoms with Crippen LogP contribution >= 0.6 is 11.6 Å². The van der Waals surface area contributed by atoms with Crippen LogP contribution in [0.2, 0.25) is 5.02 Å². The fraction of sp³-hybridized carbons (Fsp3) is 0.188. The maximum absolute atomic E-state index is 12.1. The van der Waals surface area contributed by atoms with Gasteiger partial charge in [0.25, 0.3) is 5.91 Å². The fourth-order valence-electron chi connectivity index (χ4n) is 2.45. The molecule has 120 valence electrons. The van der Waals surface area contributed by atoms with Crippen LogP contribution in [-0.2, 0) is 10.0 Å². The third-order valence-electron chi connectivity index (χ3n) is 3.62. The maximum atomic E-state index is 12.1. The number of sulfonamides is 1. The Balaban J connectivity index is 1.73. The van der Waals surface area contributed by atoms with Gasteiger partial charge in [-0.3, -0.25) is 9.10 Å². The van der Waals surface area contributed by atoms with Crippen LogP contribution in [0.15, 0.2) is 48.5 Å². The Hall–Kier alpha value is -2.05. The van der Waals surface area contributed by atoms with Crippen molar-refractivity contribution >= 4 is 38.9 Å². The standard InChI is InChI=1S/C16H15ClN2O3S/c17-13-4-2-12(3-5-13)16(20)18-14-6-8-15(9-7-14)19-10-1-11-23(19,21)22/h2-9H,1,10-11H2,(H,18,20). The van der Waals surface area contributed by atoms with Crippen LogP contribution in [0.5, 0.6) is 0 Å². The summed E-state index contributed by atoms with van der Waals surface area (Å²) in [6, 6.07) is 13.4. The van der Waals surface area contributed by atoms with E-state index in [4.69, 9.17) is 11.6 Å². The van der Waals surface area contributed by atoms with E-state index in [0.717, 1.165) is 0 Å². The number of nitrogens with zero attached hydrogens (tertiary/aromatic N) is 1. The van der Waals surface area contributed by atoms with E-state index in [-0.39, 0.29) is 11.7 Å². The molecule has 1 saturated heterocycles. The number of anilines is 2. The van der Waals surface area contributed by atoms with E-state index >= 15 is 0 Å². The summed E-state index contributed by atoms with van der Waals surface area (Å²) >= 11 is 5.79. The van der Waals surface area contributed by atoms with Gasteiger partial charge in [-0.1, -0.05) is 11.6 Å². The minimum Gasteiger partial charge on any atom is -0.322 e. The lowest BCUT2D eigenvalue weighted by Gasteiger charge is -2.17. The van der Waals surface area contributed by atoms with Crippen LogP contribution < -0.4 is 9.62 Å². The summed E-state index contributed by atoms with van der Waals surface area (Å²) < 4.78 is 25.2. The first-order chi connectivity index (χ1) is 11.0. The van der Waals surface area contributed by atoms with Gasteiger partial charge in [-0.15, -0.1) is 0 Å². The van der Waals surface area contributed by atoms with Gasteiger partial charge >= 0.3 is 0 Å². The Morgan fingerprint density at radius 1 is 1.04 bits per heavy atom. The van der Waals surface area contributed by atoms with Crippen LogP contribution in [0, 0.1) is 0 Å². The summed E-state index contributed by atoms with van der Waals surface area (Å²) in [4.78, 5) is 12.1. The van der Waals surface area contributed by atoms with E-state index in [1.54, 1.807) is 48.5 Å². The number of hydrogen-bond donors (Lipinski definition) is 1. The first-order valence-electron chi connectivity index (χ1n) is 7.13. The Morgan fingerprint density at radius 2 is 1.70 bits per heavy atom. The van der Waals surface area contributed by atoms with Gasteiger partial charge in [0.2, 0.25) is 10.0 Å². The molecule has 1 fully saturated rings. The Kier molecular flexibility index (Phi) is 4.28. The van der Waals surface area contributed by atoms with E-state index < -0.39 is 10.0 Å². The van der Waals surface area contributed by atoms with Gasteiger partial charge in [-0.25, -0.2) is 8.42 Å². The molecule has 3 rings (SSSR count). The van der Waals surface area contributed by atoms with Gasteiger partial charge < -0.3 is 5.32 Å². The number of halogens is 1. The first kappa shape index (κ1) is 15.8. The third kappa shape index (κ3) is 3.48. The van der Waals surface area contributed by atoms with Crippen molar-refractivity contribution in [2.75, 3.05) is 21.9 Å². The third-order valence-corrected chi connectivity index (χ3v) is 5.74. The zero-order chi connectivity index (χ0) is 16.4. The summed E-state index contributed by atoms with van der Waals surface area (Å²) in [6.45, 7) is 0.499. The van der Waals surface area contributed by atoms with Crippen molar-refractivity contribution in [1.82, 2.24) is 0 Å². The highest BCUT2D eigenvalue weighted by Gasteiger charge is 2.28. The lowest BCUT2D eigenvalue weighted by Crippen LogP contribution is -2.24. The van der Waals surface area contributed by atoms with Crippen molar-refractivity contribution in [3.05, 3.63) is 59.1 Å². The SMILES string of the molecule is O=C(Nc1ccc(N2CCCS2(=O)=O)cc1)c1ccc(Cl)cc1. The van der Waals surface area contributed by atoms with Gasteiger partial charge in [0, 0.05) is 22.8 Å². The molecule has 0 unspecified atom stereocenters. The molecule has 0 bridgehead atoms. The van der Waals surface area contributed by atoms with Gasteiger partial charge in [0.15, 0.2) is 0 Å². The Labute approximate surface area is 139 Å². The molecule has 1 N–H and O–H groups in total. The molecule has 1 heterocycles. The highest BCUT2D eigenvalue weighted by molar-refractivity contribution is 7.93. The van der Waals surface area contributed by atoms with Crippen molar-refractivity contribution in [3.63, 3.8) is 0 Å². The van der Waals surface area contributed by atoms with Crippen molar-refractivity contribution in [1.29, 1.82) is 0 Å². The lowest BCUT2D eigenvalue weighted by atomic mass is 10.2. The Bertz CT molecular complexity index is 817. The average molecular weight is 351 g/mol. The quantitative estimate of drug-likeness (QED) is 0.924. The minimum absolute atomic E-state index is 0.183. The molecule has 1 aliphatic rings. The number of nitrogens with one attached hydrogen (secondary N) is 1. The molecule has 1 amide bonds. The van der Waals surface area contributed by atoms with E-state index in [9.17, 15) is 13.2 Å². The maximum Gasteiger partial charge on any atom is 0.255 e. The van der Waals surface area contributed by atoms with E-state index in [2.05, 4.69) is 5.32 Å². The number of amides is 1. The van der Waals surface area contributed by atoms with Gasteiger partial charge in [0.1, 0.15) is 0 Å². The molecule has 0 aliphatic carbocycles. The molecule has 0 radical (unpaired) electrons. The number of benzene rings is 2. The Morgan fingerprint density at radius 3 is 2.26 bits per heavy atom. The molecule has 0 aromatic heterocycles. The monoisotopic (exact) mass is 350 g/mol. The van der Waals surface area contributed by atoms with Crippen molar-refractivity contribution in [2.24, 2.45) is 0 Å². The fourth-order valence-corrected chi connectivity index (χ4v) is 4.14. The number of hydrogen-bond acceptors (Lipinski definition) is 3. The summed E-state index contributed by atoms with van der Waals surface area (Å²) in [5, 5.41) is 3.33. The average Bonchev–Trinajstić information content (AvgIpc) is 2.88. The molecule has 7 heteroatoms. The van der Waals surface area contributed by atoms with Gasteiger partial charge in [-0.05, 0) is 55.0 Å². The van der Waals surface area contributed by atoms with Crippen LogP contribution in [0.1, 0.15) is 16.8 Å². The molecule has 0 spiro atoms. The molecule has 1 aliphatic heterocycles. The topological polar surface area (TPSA) is 66.5 Å². The van der Waals surface area contributed by atoms with Crippen LogP contribution in [0.3, 0.4) is 0 Å². The minimum atomic E-state index is -3.19. The van der Waals surface area contributed by atoms with E-state index in [1.807, 2.05) is 0 Å². The molecule has 2 aromatic carbocycles. The second-order valence-electron chi connectivity index (χ2n) is 5.25. The van der Waals surface area contributed by atoms with Crippen molar-refractivity contribution < 1.29 is 13.2 Å². The highest BCUT2D eigenvalue weighted by Crippen LogP contribution is 2.25. The van der Waals surface area contributed by atoms with Crippen LogP contribution in [0.4, 0.5) is 11.4 Å². The lowest BCUT2D eigenvalue weighted by molar-refractivity contribution is 0.102. The van der Waals surface area contributed by atoms with Crippen LogP contribution in [-0.4, -0.2) is 26.6 Å². The smallest absolute Gasteiger partial charge is 0.255 e. The molecule has 0 atom stereocenters. The zero-order valence-corrected chi connectivity index (χ0v) is 13.8. The number of carbonyl (C=O) groups excluding carboxylic acids is 1. The summed E-state index contributed by atoms with van der Waals surface area (Å²) in [6.07, 6.45) is 0.636. The molecule has 5 nitrogen and oxygen atoms in total. The molecular formula is C16H15ClN2O3S. The zero-order valence-electron chi connectivity index (χ0n) is 12.2. The molecule has 2 aromatic rings. The van der Waals surface area contributed by atoms with Crippen molar-refractivity contribution in [3.8, 4) is 0 Å². The predicted octanol–water partition coefficient (Wildman–Crippen LogP) is 3.13. The summed E-state index contributed by atoms with van der Waals surface area (Å²) in [5.74, 6) is -0.0644. The second-order valence-corrected chi connectivity index (χ2v) is 7.70. The van der Waals surface area contributed by atoms with Crippen LogP contribution in [0.25, 0.3) is 0 Å². The number of rotatable bonds is 3. The van der Waals surface area contributed by atoms with Gasteiger partial charge in [0.05, 0.1) is 11.4 Å². The summed E-state index contributed by atoms with van der Waals surface area (Å²) in [5.41, 5.74) is 1.72. The molecule has 0 saturated carbocycles. The molecule has 23 heavy (non-hydrogen) atoms. The van der Waals surface area contributed by atoms with Gasteiger partial charge in [-0.2, -0.15) is 0 Å².